The fourth-order valence-electron chi connectivity index (χ4n) is 5.79. The Morgan fingerprint density at radius 3 is 2.26 bits per heavy atom. The van der Waals surface area contributed by atoms with Crippen LogP contribution >= 0.6 is 11.6 Å². The first-order valence-electron chi connectivity index (χ1n) is 14.5. The van der Waals surface area contributed by atoms with Crippen molar-refractivity contribution in [2.24, 2.45) is 0 Å². The molecule has 9 nitrogen and oxygen atoms in total. The zero-order valence-corrected chi connectivity index (χ0v) is 25.3. The van der Waals surface area contributed by atoms with E-state index in [-0.39, 0.29) is 17.2 Å². The summed E-state index contributed by atoms with van der Waals surface area (Å²) in [5.74, 6) is -0.222. The van der Waals surface area contributed by atoms with Crippen molar-refractivity contribution in [3.05, 3.63) is 76.6 Å². The molecule has 6 rings (SSSR count). The van der Waals surface area contributed by atoms with Gasteiger partial charge in [-0.25, -0.2) is 9.67 Å². The van der Waals surface area contributed by atoms with Crippen LogP contribution in [0.1, 0.15) is 59.1 Å². The summed E-state index contributed by atoms with van der Waals surface area (Å²) in [5, 5.41) is 9.56. The van der Waals surface area contributed by atoms with E-state index >= 15 is 0 Å². The summed E-state index contributed by atoms with van der Waals surface area (Å²) >= 11 is 6.68. The van der Waals surface area contributed by atoms with E-state index in [1.807, 2.05) is 18.2 Å². The van der Waals surface area contributed by atoms with Crippen molar-refractivity contribution in [2.45, 2.75) is 38.1 Å². The molecule has 0 bridgehead atoms. The Balaban J connectivity index is 1.16. The number of hydrogen-bond donors (Lipinski definition) is 0. The molecule has 2 aromatic carbocycles. The predicted octanol–water partition coefficient (Wildman–Crippen LogP) is 4.92. The van der Waals surface area contributed by atoms with Gasteiger partial charge in [-0.1, -0.05) is 61.0 Å². The molecule has 42 heavy (non-hydrogen) atoms. The van der Waals surface area contributed by atoms with E-state index in [0.29, 0.717) is 54.0 Å². The maximum absolute atomic E-state index is 13.5. The van der Waals surface area contributed by atoms with Crippen LogP contribution in [0.3, 0.4) is 0 Å². The van der Waals surface area contributed by atoms with Gasteiger partial charge < -0.3 is 14.7 Å². The lowest BCUT2D eigenvalue weighted by Crippen LogP contribution is -2.50. The molecule has 0 spiro atoms. The number of fused-ring (bicyclic) bond motifs is 1. The number of carbonyl (C=O) groups excluding carboxylic acids is 2. The highest BCUT2D eigenvalue weighted by Crippen LogP contribution is 2.34. The Kier molecular flexibility index (Phi) is 7.49. The Morgan fingerprint density at radius 2 is 1.62 bits per heavy atom. The number of piperazine rings is 1. The normalized spacial score (nSPS) is 16.0. The number of nitrogens with zero attached hydrogens (tertiary/aromatic N) is 7. The Labute approximate surface area is 251 Å². The van der Waals surface area contributed by atoms with Gasteiger partial charge in [-0.15, -0.1) is 5.10 Å². The SMILES string of the molecule is CN(C)CC(C)(C)c1ccc(-c2cc(Cl)c3ccc(C(=O)N4CCN(C(=O)c5cn(C6CC6)nn5)CC4)cc3n2)cc1. The van der Waals surface area contributed by atoms with Crippen LogP contribution in [0.4, 0.5) is 0 Å². The van der Waals surface area contributed by atoms with Gasteiger partial charge in [0.2, 0.25) is 0 Å². The molecule has 0 atom stereocenters. The van der Waals surface area contributed by atoms with Crippen molar-refractivity contribution in [3.63, 3.8) is 0 Å². The molecule has 0 N–H and O–H groups in total. The third-order valence-electron chi connectivity index (χ3n) is 8.18. The molecule has 218 valence electrons. The maximum atomic E-state index is 13.5. The van der Waals surface area contributed by atoms with Gasteiger partial charge in [-0.2, -0.15) is 0 Å². The lowest BCUT2D eigenvalue weighted by molar-refractivity contribution is 0.0532. The van der Waals surface area contributed by atoms with Crippen molar-refractivity contribution in [1.29, 1.82) is 0 Å². The molecule has 2 aromatic heterocycles. The number of pyridine rings is 1. The predicted molar refractivity (Wildman–Crippen MR) is 164 cm³/mol. The molecule has 0 unspecified atom stereocenters. The summed E-state index contributed by atoms with van der Waals surface area (Å²) < 4.78 is 1.78. The van der Waals surface area contributed by atoms with E-state index in [1.54, 1.807) is 26.7 Å². The zero-order chi connectivity index (χ0) is 29.6. The van der Waals surface area contributed by atoms with Gasteiger partial charge in [-0.05, 0) is 50.7 Å². The highest BCUT2D eigenvalue weighted by atomic mass is 35.5. The molecule has 4 aromatic rings. The van der Waals surface area contributed by atoms with Gasteiger partial charge in [0.05, 0.1) is 28.5 Å². The Morgan fingerprint density at radius 1 is 0.952 bits per heavy atom. The van der Waals surface area contributed by atoms with Gasteiger partial charge in [0.15, 0.2) is 5.69 Å². The van der Waals surface area contributed by atoms with E-state index in [4.69, 9.17) is 16.6 Å². The minimum absolute atomic E-state index is 0.0146. The third kappa shape index (κ3) is 5.76. The summed E-state index contributed by atoms with van der Waals surface area (Å²) in [6, 6.07) is 16.2. The fraction of sp³-hybridized carbons (Fsp3) is 0.406. The van der Waals surface area contributed by atoms with Crippen molar-refractivity contribution >= 4 is 34.3 Å². The minimum Gasteiger partial charge on any atom is -0.335 e. The van der Waals surface area contributed by atoms with Crippen LogP contribution in [0.25, 0.3) is 22.2 Å². The Hall–Kier alpha value is -3.82. The number of likely N-dealkylation sites (N-methyl/N-ethyl adjacent to an activating group) is 1. The molecular formula is C32H36ClN7O2. The molecule has 0 radical (unpaired) electrons. The number of halogens is 1. The van der Waals surface area contributed by atoms with Gasteiger partial charge in [0.25, 0.3) is 11.8 Å². The number of carbonyl (C=O) groups is 2. The molecule has 1 saturated heterocycles. The molecular weight excluding hydrogens is 550 g/mol. The second-order valence-electron chi connectivity index (χ2n) is 12.3. The Bertz CT molecular complexity index is 1630. The summed E-state index contributed by atoms with van der Waals surface area (Å²) in [7, 11) is 4.17. The van der Waals surface area contributed by atoms with Gasteiger partial charge >= 0.3 is 0 Å². The van der Waals surface area contributed by atoms with Crippen LogP contribution in [-0.2, 0) is 5.41 Å². The monoisotopic (exact) mass is 585 g/mol. The highest BCUT2D eigenvalue weighted by molar-refractivity contribution is 6.35. The molecule has 3 heterocycles. The molecule has 1 aliphatic heterocycles. The number of rotatable bonds is 7. The summed E-state index contributed by atoms with van der Waals surface area (Å²) in [4.78, 5) is 37.0. The van der Waals surface area contributed by atoms with Gasteiger partial charge in [-0.3, -0.25) is 9.59 Å². The molecule has 1 saturated carbocycles. The van der Waals surface area contributed by atoms with E-state index in [2.05, 4.69) is 67.4 Å². The van der Waals surface area contributed by atoms with Crippen LogP contribution in [0.15, 0.2) is 54.7 Å². The maximum Gasteiger partial charge on any atom is 0.276 e. The third-order valence-corrected chi connectivity index (χ3v) is 8.50. The van der Waals surface area contributed by atoms with Crippen molar-refractivity contribution in [1.82, 2.24) is 34.7 Å². The van der Waals surface area contributed by atoms with E-state index in [0.717, 1.165) is 36.0 Å². The van der Waals surface area contributed by atoms with Crippen molar-refractivity contribution < 1.29 is 9.59 Å². The van der Waals surface area contributed by atoms with Crippen LogP contribution < -0.4 is 0 Å². The second-order valence-corrected chi connectivity index (χ2v) is 12.7. The zero-order valence-electron chi connectivity index (χ0n) is 24.5. The van der Waals surface area contributed by atoms with Gasteiger partial charge in [0, 0.05) is 54.7 Å². The van der Waals surface area contributed by atoms with Crippen LogP contribution in [0.5, 0.6) is 0 Å². The highest BCUT2D eigenvalue weighted by Gasteiger charge is 2.30. The molecule has 10 heteroatoms. The topological polar surface area (TPSA) is 87.5 Å². The van der Waals surface area contributed by atoms with Crippen LogP contribution in [0.2, 0.25) is 5.02 Å². The first-order chi connectivity index (χ1) is 20.1. The summed E-state index contributed by atoms with van der Waals surface area (Å²) in [6.45, 7) is 7.22. The summed E-state index contributed by atoms with van der Waals surface area (Å²) in [6.07, 6.45) is 3.90. The van der Waals surface area contributed by atoms with Gasteiger partial charge in [0.1, 0.15) is 0 Å². The lowest BCUT2D eigenvalue weighted by Gasteiger charge is -2.34. The van der Waals surface area contributed by atoms with E-state index in [9.17, 15) is 9.59 Å². The van der Waals surface area contributed by atoms with Crippen LogP contribution in [0, 0.1) is 0 Å². The quantitative estimate of drug-likeness (QED) is 0.306. The standard InChI is InChI=1S/C32H36ClN7O2/c1-32(2,20-37(3)4)23-8-5-21(6-9-23)27-18-26(33)25-12-7-22(17-28(25)34-27)30(41)38-13-15-39(16-14-38)31(42)29-19-40(36-35-29)24-10-11-24/h5-9,12,17-19,24H,10-11,13-16,20H2,1-4H3. The van der Waals surface area contributed by atoms with Crippen molar-refractivity contribution in [3.8, 4) is 11.3 Å². The first kappa shape index (κ1) is 28.3. The first-order valence-corrected chi connectivity index (χ1v) is 14.8. The van der Waals surface area contributed by atoms with Crippen LogP contribution in [-0.4, -0.2) is 93.3 Å². The largest absolute Gasteiger partial charge is 0.335 e. The molecule has 2 fully saturated rings. The van der Waals surface area contributed by atoms with E-state index in [1.165, 1.54) is 5.56 Å². The second kappa shape index (κ2) is 11.1. The molecule has 2 aliphatic rings. The molecule has 2 amide bonds. The average molecular weight is 586 g/mol. The smallest absolute Gasteiger partial charge is 0.276 e. The number of aromatic nitrogens is 4. The average Bonchev–Trinajstić information content (AvgIpc) is 3.71. The number of hydrogen-bond acceptors (Lipinski definition) is 6. The van der Waals surface area contributed by atoms with Crippen molar-refractivity contribution in [2.75, 3.05) is 46.8 Å². The van der Waals surface area contributed by atoms with E-state index < -0.39 is 0 Å². The summed E-state index contributed by atoms with van der Waals surface area (Å²) in [5.41, 5.74) is 4.59. The molecule has 1 aliphatic carbocycles. The minimum atomic E-state index is -0.139. The fourth-order valence-corrected chi connectivity index (χ4v) is 6.05. The number of benzene rings is 2. The lowest BCUT2D eigenvalue weighted by atomic mass is 9.83. The number of amides is 2.